The Labute approximate surface area is 108 Å². The lowest BCUT2D eigenvalue weighted by Gasteiger charge is -2.26. The van der Waals surface area contributed by atoms with Gasteiger partial charge in [-0.05, 0) is 49.4 Å². The number of nitrogens with one attached hydrogen (secondary N) is 1. The molecule has 1 unspecified atom stereocenters. The molecule has 0 heterocycles. The standard InChI is InChI=1S/C13H19NO.BrH/c1-2-8-14-11-7-6-10-4-3-5-13(15)12(10)9-11;/h3-5,11,14-15H,2,6-9H2,1H3;1H. The van der Waals surface area contributed by atoms with Crippen LogP contribution in [0.25, 0.3) is 0 Å². The second-order valence-corrected chi connectivity index (χ2v) is 4.31. The van der Waals surface area contributed by atoms with Crippen LogP contribution in [0, 0.1) is 0 Å². The van der Waals surface area contributed by atoms with Crippen molar-refractivity contribution in [3.8, 4) is 5.75 Å². The average Bonchev–Trinajstić information content (AvgIpc) is 2.27. The molecule has 2 nitrogen and oxygen atoms in total. The van der Waals surface area contributed by atoms with E-state index >= 15 is 0 Å². The summed E-state index contributed by atoms with van der Waals surface area (Å²) in [6.45, 7) is 3.26. The normalized spacial score (nSPS) is 18.7. The van der Waals surface area contributed by atoms with Crippen LogP contribution in [0.4, 0.5) is 0 Å². The molecule has 0 saturated heterocycles. The zero-order valence-electron chi connectivity index (χ0n) is 9.70. The number of aromatic hydroxyl groups is 1. The zero-order chi connectivity index (χ0) is 10.7. The number of rotatable bonds is 3. The van der Waals surface area contributed by atoms with E-state index in [-0.39, 0.29) is 17.0 Å². The fourth-order valence-electron chi connectivity index (χ4n) is 2.29. The number of phenolic OH excluding ortho intramolecular Hbond substituents is 1. The van der Waals surface area contributed by atoms with Gasteiger partial charge in [-0.25, -0.2) is 0 Å². The van der Waals surface area contributed by atoms with Gasteiger partial charge >= 0.3 is 0 Å². The molecular formula is C13H20BrNO. The van der Waals surface area contributed by atoms with E-state index in [9.17, 15) is 5.11 Å². The van der Waals surface area contributed by atoms with Crippen molar-refractivity contribution >= 4 is 17.0 Å². The Balaban J connectivity index is 0.00000128. The van der Waals surface area contributed by atoms with Gasteiger partial charge in [0, 0.05) is 6.04 Å². The smallest absolute Gasteiger partial charge is 0.119 e. The van der Waals surface area contributed by atoms with Crippen LogP contribution in [-0.4, -0.2) is 17.7 Å². The molecule has 16 heavy (non-hydrogen) atoms. The van der Waals surface area contributed by atoms with Crippen LogP contribution in [0.15, 0.2) is 18.2 Å². The Morgan fingerprint density at radius 2 is 2.25 bits per heavy atom. The van der Waals surface area contributed by atoms with E-state index in [1.54, 1.807) is 6.07 Å². The maximum absolute atomic E-state index is 9.77. The van der Waals surface area contributed by atoms with Crippen LogP contribution < -0.4 is 5.32 Å². The number of phenols is 1. The van der Waals surface area contributed by atoms with E-state index in [1.165, 1.54) is 18.4 Å². The van der Waals surface area contributed by atoms with Gasteiger partial charge in [0.05, 0.1) is 0 Å². The Morgan fingerprint density at radius 1 is 1.44 bits per heavy atom. The maximum Gasteiger partial charge on any atom is 0.119 e. The molecule has 0 bridgehead atoms. The van der Waals surface area contributed by atoms with Crippen molar-refractivity contribution in [2.45, 2.75) is 38.6 Å². The van der Waals surface area contributed by atoms with Gasteiger partial charge in [0.1, 0.15) is 5.75 Å². The fourth-order valence-corrected chi connectivity index (χ4v) is 2.29. The summed E-state index contributed by atoms with van der Waals surface area (Å²) in [5.74, 6) is 0.468. The average molecular weight is 286 g/mol. The van der Waals surface area contributed by atoms with E-state index in [0.717, 1.165) is 24.9 Å². The predicted octanol–water partition coefficient (Wildman–Crippen LogP) is 2.83. The highest BCUT2D eigenvalue weighted by Crippen LogP contribution is 2.28. The first kappa shape index (κ1) is 13.5. The van der Waals surface area contributed by atoms with Crippen molar-refractivity contribution in [3.63, 3.8) is 0 Å². The maximum atomic E-state index is 9.77. The highest BCUT2D eigenvalue weighted by atomic mass is 79.9. The second-order valence-electron chi connectivity index (χ2n) is 4.31. The zero-order valence-corrected chi connectivity index (χ0v) is 11.4. The predicted molar refractivity (Wildman–Crippen MR) is 72.5 cm³/mol. The quantitative estimate of drug-likeness (QED) is 0.895. The lowest BCUT2D eigenvalue weighted by atomic mass is 9.87. The minimum absolute atomic E-state index is 0. The SMILES string of the molecule is Br.CCCNC1CCc2cccc(O)c2C1. The van der Waals surface area contributed by atoms with Gasteiger partial charge in [-0.3, -0.25) is 0 Å². The molecule has 0 fully saturated rings. The van der Waals surface area contributed by atoms with Crippen molar-refractivity contribution in [1.29, 1.82) is 0 Å². The Morgan fingerprint density at radius 3 is 3.00 bits per heavy atom. The monoisotopic (exact) mass is 285 g/mol. The molecule has 1 aromatic carbocycles. The van der Waals surface area contributed by atoms with Crippen LogP contribution in [0.2, 0.25) is 0 Å². The number of hydrogen-bond donors (Lipinski definition) is 2. The first-order chi connectivity index (χ1) is 7.31. The van der Waals surface area contributed by atoms with Crippen molar-refractivity contribution in [1.82, 2.24) is 5.32 Å². The van der Waals surface area contributed by atoms with Gasteiger partial charge < -0.3 is 10.4 Å². The summed E-state index contributed by atoms with van der Waals surface area (Å²) in [6, 6.07) is 6.41. The third kappa shape index (κ3) is 2.98. The molecule has 2 N–H and O–H groups in total. The Hall–Kier alpha value is -0.540. The minimum atomic E-state index is 0. The van der Waals surface area contributed by atoms with E-state index < -0.39 is 0 Å². The van der Waals surface area contributed by atoms with E-state index in [4.69, 9.17) is 0 Å². The lowest BCUT2D eigenvalue weighted by molar-refractivity contribution is 0.427. The van der Waals surface area contributed by atoms with Crippen molar-refractivity contribution in [2.24, 2.45) is 0 Å². The largest absolute Gasteiger partial charge is 0.508 e. The summed E-state index contributed by atoms with van der Waals surface area (Å²) in [5.41, 5.74) is 2.47. The summed E-state index contributed by atoms with van der Waals surface area (Å²) >= 11 is 0. The topological polar surface area (TPSA) is 32.3 Å². The fraction of sp³-hybridized carbons (Fsp3) is 0.538. The first-order valence-corrected chi connectivity index (χ1v) is 5.84. The van der Waals surface area contributed by atoms with Crippen LogP contribution >= 0.6 is 17.0 Å². The molecule has 0 spiro atoms. The minimum Gasteiger partial charge on any atom is -0.508 e. The Kier molecular flexibility index (Phi) is 5.29. The number of hydrogen-bond acceptors (Lipinski definition) is 2. The van der Waals surface area contributed by atoms with Gasteiger partial charge in [-0.2, -0.15) is 0 Å². The second kappa shape index (κ2) is 6.26. The molecule has 1 atom stereocenters. The number of benzene rings is 1. The molecule has 1 aliphatic rings. The number of halogens is 1. The molecule has 2 rings (SSSR count). The summed E-state index contributed by atoms with van der Waals surface area (Å²) in [5, 5.41) is 13.3. The molecule has 3 heteroatoms. The number of aryl methyl sites for hydroxylation is 1. The summed E-state index contributed by atoms with van der Waals surface area (Å²) in [6.07, 6.45) is 4.42. The van der Waals surface area contributed by atoms with Crippen LogP contribution in [-0.2, 0) is 12.8 Å². The first-order valence-electron chi connectivity index (χ1n) is 5.84. The molecule has 0 radical (unpaired) electrons. The molecule has 0 aliphatic heterocycles. The molecule has 0 aromatic heterocycles. The third-order valence-electron chi connectivity index (χ3n) is 3.14. The molecule has 1 aliphatic carbocycles. The molecular weight excluding hydrogens is 266 g/mol. The van der Waals surface area contributed by atoms with Crippen molar-refractivity contribution in [3.05, 3.63) is 29.3 Å². The number of fused-ring (bicyclic) bond motifs is 1. The summed E-state index contributed by atoms with van der Waals surface area (Å²) < 4.78 is 0. The van der Waals surface area contributed by atoms with E-state index in [1.807, 2.05) is 6.07 Å². The van der Waals surface area contributed by atoms with Crippen molar-refractivity contribution in [2.75, 3.05) is 6.54 Å². The summed E-state index contributed by atoms with van der Waals surface area (Å²) in [4.78, 5) is 0. The highest BCUT2D eigenvalue weighted by molar-refractivity contribution is 8.93. The van der Waals surface area contributed by atoms with Gasteiger partial charge in [-0.15, -0.1) is 17.0 Å². The lowest BCUT2D eigenvalue weighted by Crippen LogP contribution is -2.34. The summed E-state index contributed by atoms with van der Waals surface area (Å²) in [7, 11) is 0. The molecule has 90 valence electrons. The van der Waals surface area contributed by atoms with Crippen LogP contribution in [0.3, 0.4) is 0 Å². The van der Waals surface area contributed by atoms with Crippen molar-refractivity contribution < 1.29 is 5.11 Å². The molecule has 1 aromatic rings. The molecule has 0 amide bonds. The van der Waals surface area contributed by atoms with Gasteiger partial charge in [0.2, 0.25) is 0 Å². The van der Waals surface area contributed by atoms with Gasteiger partial charge in [0.25, 0.3) is 0 Å². The third-order valence-corrected chi connectivity index (χ3v) is 3.14. The van der Waals surface area contributed by atoms with Gasteiger partial charge in [-0.1, -0.05) is 19.1 Å². The van der Waals surface area contributed by atoms with Crippen LogP contribution in [0.5, 0.6) is 5.75 Å². The highest BCUT2D eigenvalue weighted by Gasteiger charge is 2.19. The molecule has 0 saturated carbocycles. The van der Waals surface area contributed by atoms with Crippen LogP contribution in [0.1, 0.15) is 30.9 Å². The van der Waals surface area contributed by atoms with E-state index in [0.29, 0.717) is 11.8 Å². The van der Waals surface area contributed by atoms with E-state index in [2.05, 4.69) is 18.3 Å². The Bertz CT molecular complexity index is 341. The van der Waals surface area contributed by atoms with Gasteiger partial charge in [0.15, 0.2) is 0 Å².